The van der Waals surface area contributed by atoms with Crippen LogP contribution in [-0.2, 0) is 11.3 Å². The zero-order chi connectivity index (χ0) is 21.2. The fourth-order valence-electron chi connectivity index (χ4n) is 2.36. The van der Waals surface area contributed by atoms with E-state index in [0.29, 0.717) is 0 Å². The molecule has 0 aliphatic rings. The Labute approximate surface area is 165 Å². The molecule has 0 aliphatic carbocycles. The van der Waals surface area contributed by atoms with Crippen LogP contribution in [0.3, 0.4) is 0 Å². The highest BCUT2D eigenvalue weighted by Gasteiger charge is 2.32. The largest absolute Gasteiger partial charge is 0.443 e. The molecule has 0 fully saturated rings. The van der Waals surface area contributed by atoms with Gasteiger partial charge in [0.2, 0.25) is 5.82 Å². The second-order valence-electron chi connectivity index (χ2n) is 6.97. The maximum atomic E-state index is 13.8. The van der Waals surface area contributed by atoms with Gasteiger partial charge in [-0.3, -0.25) is 15.0 Å². The summed E-state index contributed by atoms with van der Waals surface area (Å²) in [4.78, 5) is 36.4. The van der Waals surface area contributed by atoms with Gasteiger partial charge in [0.15, 0.2) is 11.0 Å². The molecule has 0 spiro atoms. The van der Waals surface area contributed by atoms with Crippen molar-refractivity contribution in [2.75, 3.05) is 4.90 Å². The van der Waals surface area contributed by atoms with Crippen LogP contribution in [-0.4, -0.2) is 31.6 Å². The predicted molar refractivity (Wildman–Crippen MR) is 99.8 cm³/mol. The first-order valence-electron chi connectivity index (χ1n) is 8.19. The lowest BCUT2D eigenvalue weighted by atomic mass is 10.2. The number of pyridine rings is 1. The number of halogens is 2. The monoisotopic (exact) mass is 411 g/mol. The Morgan fingerprint density at radius 2 is 2.00 bits per heavy atom. The van der Waals surface area contributed by atoms with Gasteiger partial charge < -0.3 is 4.74 Å². The number of aromatic nitrogens is 3. The first-order valence-corrected chi connectivity index (χ1v) is 8.57. The van der Waals surface area contributed by atoms with Crippen molar-refractivity contribution in [3.05, 3.63) is 50.4 Å². The van der Waals surface area contributed by atoms with Gasteiger partial charge in [-0.15, -0.1) is 0 Å². The van der Waals surface area contributed by atoms with Crippen molar-refractivity contribution in [2.24, 2.45) is 0 Å². The SMILES string of the molecule is Cc1nc(C)c([N+](=O)[O-])c(N(Cc2cnc(Cl)c(F)c2)C(=O)OC(C)(C)C)n1. The standard InChI is InChI=1S/C17H19ClFN5O4/c1-9-13(24(26)27)15(22-10(2)21-9)23(16(25)28-17(3,4)5)8-11-6-12(19)14(18)20-7-11/h6-7H,8H2,1-5H3. The molecule has 2 aromatic heterocycles. The molecule has 2 aromatic rings. The Hall–Kier alpha value is -2.88. The lowest BCUT2D eigenvalue weighted by Gasteiger charge is -2.27. The molecule has 0 bridgehead atoms. The van der Waals surface area contributed by atoms with Gasteiger partial charge in [-0.2, -0.15) is 0 Å². The van der Waals surface area contributed by atoms with Gasteiger partial charge in [0, 0.05) is 6.20 Å². The summed E-state index contributed by atoms with van der Waals surface area (Å²) in [5.74, 6) is -0.806. The van der Waals surface area contributed by atoms with Crippen LogP contribution in [0.15, 0.2) is 12.3 Å². The van der Waals surface area contributed by atoms with E-state index in [0.717, 1.165) is 11.0 Å². The molecule has 0 unspecified atom stereocenters. The Bertz CT molecular complexity index is 932. The van der Waals surface area contributed by atoms with E-state index in [4.69, 9.17) is 16.3 Å². The fraction of sp³-hybridized carbons (Fsp3) is 0.412. The van der Waals surface area contributed by atoms with Crippen LogP contribution in [0.5, 0.6) is 0 Å². The van der Waals surface area contributed by atoms with Crippen LogP contribution in [0.4, 0.5) is 20.7 Å². The summed E-state index contributed by atoms with van der Waals surface area (Å²) in [6.07, 6.45) is 0.374. The summed E-state index contributed by atoms with van der Waals surface area (Å²) in [6, 6.07) is 1.08. The van der Waals surface area contributed by atoms with Gasteiger partial charge in [0.1, 0.15) is 17.1 Å². The molecule has 2 heterocycles. The number of rotatable bonds is 4. The zero-order valence-electron chi connectivity index (χ0n) is 16.0. The number of nitrogens with zero attached hydrogens (tertiary/aromatic N) is 5. The molecular formula is C17H19ClFN5O4. The third-order valence-electron chi connectivity index (χ3n) is 3.40. The molecular weight excluding hydrogens is 393 g/mol. The van der Waals surface area contributed by atoms with Crippen LogP contribution < -0.4 is 4.90 Å². The van der Waals surface area contributed by atoms with Crippen molar-refractivity contribution >= 4 is 29.2 Å². The van der Waals surface area contributed by atoms with E-state index in [2.05, 4.69) is 15.0 Å². The van der Waals surface area contributed by atoms with Gasteiger partial charge in [-0.1, -0.05) is 11.6 Å². The predicted octanol–water partition coefficient (Wildman–Crippen LogP) is 4.13. The normalized spacial score (nSPS) is 11.2. The molecule has 0 atom stereocenters. The molecule has 0 saturated heterocycles. The number of anilines is 1. The van der Waals surface area contributed by atoms with Gasteiger partial charge in [0.05, 0.1) is 11.5 Å². The van der Waals surface area contributed by atoms with E-state index >= 15 is 0 Å². The number of aryl methyl sites for hydroxylation is 2. The molecule has 0 aromatic carbocycles. The summed E-state index contributed by atoms with van der Waals surface area (Å²) in [5, 5.41) is 11.2. The van der Waals surface area contributed by atoms with Crippen molar-refractivity contribution < 1.29 is 18.8 Å². The highest BCUT2D eigenvalue weighted by atomic mass is 35.5. The summed E-state index contributed by atoms with van der Waals surface area (Å²) < 4.78 is 19.1. The van der Waals surface area contributed by atoms with E-state index in [1.54, 1.807) is 20.8 Å². The van der Waals surface area contributed by atoms with E-state index in [9.17, 15) is 19.3 Å². The second kappa shape index (κ2) is 8.01. The first-order chi connectivity index (χ1) is 12.9. The summed E-state index contributed by atoms with van der Waals surface area (Å²) >= 11 is 5.59. The lowest BCUT2D eigenvalue weighted by Crippen LogP contribution is -2.37. The number of amides is 1. The molecule has 28 heavy (non-hydrogen) atoms. The average Bonchev–Trinajstić information content (AvgIpc) is 2.52. The van der Waals surface area contributed by atoms with E-state index < -0.39 is 28.1 Å². The van der Waals surface area contributed by atoms with Crippen LogP contribution in [0.25, 0.3) is 0 Å². The van der Waals surface area contributed by atoms with E-state index in [-0.39, 0.29) is 34.6 Å². The number of nitro groups is 1. The maximum Gasteiger partial charge on any atom is 0.416 e. The third-order valence-corrected chi connectivity index (χ3v) is 3.68. The summed E-state index contributed by atoms with van der Waals surface area (Å²) in [7, 11) is 0. The molecule has 11 heteroatoms. The highest BCUT2D eigenvalue weighted by Crippen LogP contribution is 2.31. The smallest absolute Gasteiger partial charge is 0.416 e. The fourth-order valence-corrected chi connectivity index (χ4v) is 2.47. The van der Waals surface area contributed by atoms with E-state index in [1.165, 1.54) is 20.0 Å². The van der Waals surface area contributed by atoms with E-state index in [1.807, 2.05) is 0 Å². The minimum absolute atomic E-state index is 0.0847. The van der Waals surface area contributed by atoms with Gasteiger partial charge in [0.25, 0.3) is 0 Å². The highest BCUT2D eigenvalue weighted by molar-refractivity contribution is 6.29. The van der Waals surface area contributed by atoms with Gasteiger partial charge in [-0.25, -0.2) is 24.1 Å². The summed E-state index contributed by atoms with van der Waals surface area (Å²) in [6.45, 7) is 7.66. The van der Waals surface area contributed by atoms with Crippen LogP contribution >= 0.6 is 11.6 Å². The number of hydrogen-bond donors (Lipinski definition) is 0. The average molecular weight is 412 g/mol. The van der Waals surface area contributed by atoms with Crippen molar-refractivity contribution in [1.29, 1.82) is 0 Å². The van der Waals surface area contributed by atoms with Crippen molar-refractivity contribution in [3.8, 4) is 0 Å². The number of ether oxygens (including phenoxy) is 1. The Morgan fingerprint density at radius 3 is 2.54 bits per heavy atom. The maximum absolute atomic E-state index is 13.8. The third kappa shape index (κ3) is 5.10. The minimum Gasteiger partial charge on any atom is -0.443 e. The van der Waals surface area contributed by atoms with Crippen molar-refractivity contribution in [3.63, 3.8) is 0 Å². The molecule has 0 saturated carbocycles. The topological polar surface area (TPSA) is 111 Å². The first kappa shape index (κ1) is 21.4. The lowest BCUT2D eigenvalue weighted by molar-refractivity contribution is -0.385. The Morgan fingerprint density at radius 1 is 1.36 bits per heavy atom. The molecule has 0 N–H and O–H groups in total. The number of carbonyl (C=O) groups excluding carboxylic acids is 1. The second-order valence-corrected chi connectivity index (χ2v) is 7.33. The van der Waals surface area contributed by atoms with Gasteiger partial charge in [-0.05, 0) is 46.2 Å². The Kier molecular flexibility index (Phi) is 6.13. The Balaban J connectivity index is 2.60. The van der Waals surface area contributed by atoms with Crippen LogP contribution in [0.2, 0.25) is 5.15 Å². The van der Waals surface area contributed by atoms with Crippen LogP contribution in [0, 0.1) is 29.8 Å². The molecule has 0 aliphatic heterocycles. The molecule has 9 nitrogen and oxygen atoms in total. The quantitative estimate of drug-likeness (QED) is 0.422. The number of carbonyl (C=O) groups is 1. The minimum atomic E-state index is -0.886. The molecule has 150 valence electrons. The van der Waals surface area contributed by atoms with Crippen molar-refractivity contribution in [1.82, 2.24) is 15.0 Å². The van der Waals surface area contributed by atoms with Crippen LogP contribution in [0.1, 0.15) is 37.9 Å². The molecule has 0 radical (unpaired) electrons. The van der Waals surface area contributed by atoms with Crippen molar-refractivity contribution in [2.45, 2.75) is 46.8 Å². The zero-order valence-corrected chi connectivity index (χ0v) is 16.7. The summed E-state index contributed by atoms with van der Waals surface area (Å²) in [5.41, 5.74) is -0.985. The van der Waals surface area contributed by atoms with Gasteiger partial charge >= 0.3 is 11.8 Å². The molecule has 2 rings (SSSR count). The molecule has 1 amide bonds. The number of hydrogen-bond acceptors (Lipinski definition) is 7.